The minimum absolute atomic E-state index is 0.536. The van der Waals surface area contributed by atoms with E-state index >= 15 is 0 Å². The van der Waals surface area contributed by atoms with Gasteiger partial charge in [-0.2, -0.15) is 0 Å². The first-order valence-electron chi connectivity index (χ1n) is 5.45. The normalized spacial score (nSPS) is 10.2. The maximum Gasteiger partial charge on any atom is 0.131 e. The molecule has 0 bridgehead atoms. The summed E-state index contributed by atoms with van der Waals surface area (Å²) in [4.78, 5) is 7.32. The largest absolute Gasteiger partial charge is 0.496 e. The summed E-state index contributed by atoms with van der Waals surface area (Å²) < 4.78 is 11.3. The number of nitrogens with zero attached hydrogens (tertiary/aromatic N) is 1. The Hall–Kier alpha value is -1.88. The number of aromatic amines is 1. The van der Waals surface area contributed by atoms with Crippen molar-refractivity contribution in [1.82, 2.24) is 9.97 Å². The van der Waals surface area contributed by atoms with Gasteiger partial charge in [0.25, 0.3) is 0 Å². The number of benzene rings is 1. The zero-order valence-electron chi connectivity index (χ0n) is 10.5. The molecule has 1 heterocycles. The summed E-state index contributed by atoms with van der Waals surface area (Å²) in [6, 6.07) is 7.43. The molecule has 5 heteroatoms. The van der Waals surface area contributed by atoms with Crippen LogP contribution in [0.25, 0.3) is 11.3 Å². The van der Waals surface area contributed by atoms with E-state index in [1.165, 1.54) is 0 Å². The third kappa shape index (κ3) is 2.36. The number of aryl methyl sites for hydroxylation is 1. The third-order valence-corrected chi connectivity index (χ3v) is 2.77. The zero-order chi connectivity index (χ0) is 13.1. The fourth-order valence-electron chi connectivity index (χ4n) is 1.83. The van der Waals surface area contributed by atoms with Crippen LogP contribution in [0.15, 0.2) is 24.3 Å². The molecule has 0 saturated carbocycles. The molecule has 0 unspecified atom stereocenters. The molecule has 18 heavy (non-hydrogen) atoms. The molecule has 0 saturated heterocycles. The van der Waals surface area contributed by atoms with E-state index in [9.17, 15) is 0 Å². The minimum atomic E-state index is 0.536. The number of H-pyrrole nitrogens is 1. The Labute approximate surface area is 111 Å². The number of hydrogen-bond donors (Lipinski definition) is 1. The summed E-state index contributed by atoms with van der Waals surface area (Å²) in [5.41, 5.74) is 1.68. The Morgan fingerprint density at radius 3 is 2.28 bits per heavy atom. The van der Waals surface area contributed by atoms with Crippen molar-refractivity contribution in [2.24, 2.45) is 0 Å². The van der Waals surface area contributed by atoms with E-state index in [1.807, 2.05) is 25.1 Å². The van der Waals surface area contributed by atoms with Gasteiger partial charge in [-0.1, -0.05) is 18.3 Å². The second kappa shape index (κ2) is 5.18. The Morgan fingerprint density at radius 1 is 1.17 bits per heavy atom. The van der Waals surface area contributed by atoms with Crippen molar-refractivity contribution in [3.63, 3.8) is 0 Å². The minimum Gasteiger partial charge on any atom is -0.496 e. The molecule has 0 amide bonds. The maximum atomic E-state index is 5.37. The van der Waals surface area contributed by atoms with Gasteiger partial charge in [-0.3, -0.25) is 0 Å². The van der Waals surface area contributed by atoms with Crippen LogP contribution < -0.4 is 9.47 Å². The molecule has 0 aliphatic carbocycles. The Morgan fingerprint density at radius 2 is 1.78 bits per heavy atom. The number of ether oxygens (including phenoxy) is 2. The molecule has 94 valence electrons. The summed E-state index contributed by atoms with van der Waals surface area (Å²) in [5, 5.41) is 0. The van der Waals surface area contributed by atoms with Crippen LogP contribution in [0.3, 0.4) is 0 Å². The summed E-state index contributed by atoms with van der Waals surface area (Å²) in [7, 11) is 3.25. The van der Waals surface area contributed by atoms with Gasteiger partial charge in [0.2, 0.25) is 0 Å². The number of methoxy groups -OCH3 is 2. The molecule has 0 spiro atoms. The van der Waals surface area contributed by atoms with E-state index in [1.54, 1.807) is 20.3 Å². The van der Waals surface area contributed by atoms with Crippen molar-refractivity contribution in [2.75, 3.05) is 14.2 Å². The van der Waals surface area contributed by atoms with E-state index < -0.39 is 0 Å². The average molecular weight is 262 g/mol. The summed E-state index contributed by atoms with van der Waals surface area (Å²) in [6.07, 6.45) is 0. The van der Waals surface area contributed by atoms with Crippen LogP contribution in [-0.4, -0.2) is 24.2 Å². The van der Waals surface area contributed by atoms with Gasteiger partial charge in [0.15, 0.2) is 0 Å². The predicted molar refractivity (Wildman–Crippen MR) is 72.7 cm³/mol. The number of rotatable bonds is 3. The first-order valence-corrected chi connectivity index (χ1v) is 5.86. The van der Waals surface area contributed by atoms with Crippen molar-refractivity contribution in [3.05, 3.63) is 34.7 Å². The first-order chi connectivity index (χ1) is 8.65. The van der Waals surface area contributed by atoms with Gasteiger partial charge >= 0.3 is 0 Å². The van der Waals surface area contributed by atoms with Crippen LogP contribution in [0.2, 0.25) is 0 Å². The SMILES string of the molecule is COc1cccc(OC)c1-c1cc(=S)nc(C)[nH]1. The van der Waals surface area contributed by atoms with Crippen molar-refractivity contribution in [2.45, 2.75) is 6.92 Å². The highest BCUT2D eigenvalue weighted by atomic mass is 32.1. The van der Waals surface area contributed by atoms with Gasteiger partial charge in [0.1, 0.15) is 22.0 Å². The molecule has 1 aromatic carbocycles. The fourth-order valence-corrected chi connectivity index (χ4v) is 2.09. The lowest BCUT2D eigenvalue weighted by atomic mass is 10.1. The van der Waals surface area contributed by atoms with Crippen LogP contribution in [0.1, 0.15) is 5.82 Å². The average Bonchev–Trinajstić information content (AvgIpc) is 2.36. The van der Waals surface area contributed by atoms with Gasteiger partial charge in [-0.05, 0) is 25.1 Å². The van der Waals surface area contributed by atoms with Crippen LogP contribution in [0.4, 0.5) is 0 Å². The van der Waals surface area contributed by atoms with E-state index in [2.05, 4.69) is 9.97 Å². The molecule has 1 aromatic heterocycles. The standard InChI is InChI=1S/C13H14N2O2S/c1-8-14-9(7-12(18)15-8)13-10(16-2)5-4-6-11(13)17-3/h4-7H,1-3H3,(H,14,15,18). The lowest BCUT2D eigenvalue weighted by Crippen LogP contribution is -1.97. The maximum absolute atomic E-state index is 5.37. The number of hydrogen-bond acceptors (Lipinski definition) is 4. The molecule has 0 fully saturated rings. The molecule has 2 aromatic rings. The Balaban J connectivity index is 2.72. The van der Waals surface area contributed by atoms with E-state index in [0.29, 0.717) is 4.64 Å². The van der Waals surface area contributed by atoms with Crippen LogP contribution in [-0.2, 0) is 0 Å². The van der Waals surface area contributed by atoms with Gasteiger partial charge < -0.3 is 14.5 Å². The molecular formula is C13H14N2O2S. The van der Waals surface area contributed by atoms with Crippen LogP contribution in [0.5, 0.6) is 11.5 Å². The quantitative estimate of drug-likeness (QED) is 0.863. The smallest absolute Gasteiger partial charge is 0.131 e. The highest BCUT2D eigenvalue weighted by Gasteiger charge is 2.13. The summed E-state index contributed by atoms with van der Waals surface area (Å²) >= 11 is 5.13. The molecule has 4 nitrogen and oxygen atoms in total. The third-order valence-electron chi connectivity index (χ3n) is 2.56. The molecule has 1 N–H and O–H groups in total. The van der Waals surface area contributed by atoms with Crippen LogP contribution in [0, 0.1) is 11.6 Å². The first kappa shape index (κ1) is 12.6. The van der Waals surface area contributed by atoms with Gasteiger partial charge in [-0.15, -0.1) is 0 Å². The molecular weight excluding hydrogens is 248 g/mol. The topological polar surface area (TPSA) is 47.1 Å². The highest BCUT2D eigenvalue weighted by Crippen LogP contribution is 2.36. The van der Waals surface area contributed by atoms with E-state index in [0.717, 1.165) is 28.6 Å². The second-order valence-corrected chi connectivity index (χ2v) is 4.17. The molecule has 0 aliphatic heterocycles. The number of aromatic nitrogens is 2. The number of nitrogens with one attached hydrogen (secondary N) is 1. The van der Waals surface area contributed by atoms with Gasteiger partial charge in [-0.25, -0.2) is 4.98 Å². The monoisotopic (exact) mass is 262 g/mol. The zero-order valence-corrected chi connectivity index (χ0v) is 11.3. The van der Waals surface area contributed by atoms with Crippen molar-refractivity contribution in [3.8, 4) is 22.8 Å². The Kier molecular flexibility index (Phi) is 3.62. The lowest BCUT2D eigenvalue weighted by molar-refractivity contribution is 0.397. The van der Waals surface area contributed by atoms with E-state index in [-0.39, 0.29) is 0 Å². The van der Waals surface area contributed by atoms with Gasteiger partial charge in [0.05, 0.1) is 25.5 Å². The van der Waals surface area contributed by atoms with Crippen molar-refractivity contribution in [1.29, 1.82) is 0 Å². The van der Waals surface area contributed by atoms with Crippen LogP contribution >= 0.6 is 12.2 Å². The second-order valence-electron chi connectivity index (χ2n) is 3.76. The summed E-state index contributed by atoms with van der Waals surface area (Å²) in [5.74, 6) is 2.21. The Bertz CT molecular complexity index is 600. The summed E-state index contributed by atoms with van der Waals surface area (Å²) in [6.45, 7) is 1.86. The molecule has 2 rings (SSSR count). The van der Waals surface area contributed by atoms with Gasteiger partial charge in [0, 0.05) is 0 Å². The highest BCUT2D eigenvalue weighted by molar-refractivity contribution is 7.71. The molecule has 0 aliphatic rings. The molecule has 0 atom stereocenters. The predicted octanol–water partition coefficient (Wildman–Crippen LogP) is 3.13. The van der Waals surface area contributed by atoms with Crippen molar-refractivity contribution < 1.29 is 9.47 Å². The van der Waals surface area contributed by atoms with Crippen molar-refractivity contribution >= 4 is 12.2 Å². The molecule has 0 radical (unpaired) electrons. The van der Waals surface area contributed by atoms with E-state index in [4.69, 9.17) is 21.7 Å². The fraction of sp³-hybridized carbons (Fsp3) is 0.231. The lowest BCUT2D eigenvalue weighted by Gasteiger charge is -2.13.